The van der Waals surface area contributed by atoms with Gasteiger partial charge in [0.2, 0.25) is 16.0 Å². The smallest absolute Gasteiger partial charge is 0.308 e. The van der Waals surface area contributed by atoms with Crippen LogP contribution in [-0.2, 0) is 38.2 Å². The molecule has 1 fully saturated rings. The van der Waals surface area contributed by atoms with Crippen LogP contribution < -0.4 is 5.32 Å². The molecule has 5 aromatic rings. The number of sulfonamides is 1. The van der Waals surface area contributed by atoms with Crippen LogP contribution in [0, 0.1) is 11.3 Å². The molecular weight excluding hydrogens is 603 g/mol. The zero-order chi connectivity index (χ0) is 30.7. The summed E-state index contributed by atoms with van der Waals surface area (Å²) in [6.07, 6.45) is 7.19. The van der Waals surface area contributed by atoms with Gasteiger partial charge in [0, 0.05) is 31.0 Å². The van der Waals surface area contributed by atoms with E-state index in [9.17, 15) is 18.5 Å². The van der Waals surface area contributed by atoms with Crippen LogP contribution in [0.4, 0.5) is 11.6 Å². The number of fused-ring (bicyclic) bond motifs is 1. The van der Waals surface area contributed by atoms with Crippen LogP contribution in [0.1, 0.15) is 25.3 Å². The van der Waals surface area contributed by atoms with E-state index >= 15 is 0 Å². The van der Waals surface area contributed by atoms with Crippen LogP contribution in [-0.4, -0.2) is 67.1 Å². The summed E-state index contributed by atoms with van der Waals surface area (Å²) in [5, 5.41) is 23.5. The summed E-state index contributed by atoms with van der Waals surface area (Å²) in [6, 6.07) is 13.6. The van der Waals surface area contributed by atoms with Crippen molar-refractivity contribution < 1.29 is 17.9 Å². The second-order valence-corrected chi connectivity index (χ2v) is 13.6. The lowest BCUT2D eigenvalue weighted by Crippen LogP contribution is -2.64. The van der Waals surface area contributed by atoms with Gasteiger partial charge < -0.3 is 10.1 Å². The number of nitriles is 1. The number of esters is 1. The molecule has 1 saturated heterocycles. The van der Waals surface area contributed by atoms with Gasteiger partial charge in [-0.15, -0.1) is 11.3 Å². The van der Waals surface area contributed by atoms with Gasteiger partial charge in [-0.25, -0.2) is 18.4 Å². The summed E-state index contributed by atoms with van der Waals surface area (Å²) in [4.78, 5) is 21.6. The van der Waals surface area contributed by atoms with E-state index in [4.69, 9.17) is 9.72 Å². The fourth-order valence-corrected chi connectivity index (χ4v) is 7.07. The highest BCUT2D eigenvalue weighted by atomic mass is 32.2. The highest BCUT2D eigenvalue weighted by molar-refractivity contribution is 7.89. The molecule has 15 heteroatoms. The van der Waals surface area contributed by atoms with Gasteiger partial charge in [-0.05, 0) is 23.9 Å². The third-order valence-corrected chi connectivity index (χ3v) is 10.1. The van der Waals surface area contributed by atoms with Crippen molar-refractivity contribution in [3.63, 3.8) is 0 Å². The van der Waals surface area contributed by atoms with E-state index in [1.165, 1.54) is 15.6 Å². The average Bonchev–Trinajstić information content (AvgIpc) is 3.78. The summed E-state index contributed by atoms with van der Waals surface area (Å²) in [5.41, 5.74) is 2.98. The van der Waals surface area contributed by atoms with Gasteiger partial charge in [0.1, 0.15) is 12.1 Å². The molecule has 1 aromatic carbocycles. The predicted octanol–water partition coefficient (Wildman–Crippen LogP) is 3.90. The van der Waals surface area contributed by atoms with Gasteiger partial charge in [0.15, 0.2) is 0 Å². The minimum absolute atomic E-state index is 0.00720. The summed E-state index contributed by atoms with van der Waals surface area (Å²) >= 11 is 1.50. The first-order valence-corrected chi connectivity index (χ1v) is 16.4. The van der Waals surface area contributed by atoms with Crippen LogP contribution in [0.25, 0.3) is 21.5 Å². The van der Waals surface area contributed by atoms with Crippen molar-refractivity contribution in [3.8, 4) is 17.3 Å². The molecule has 13 nitrogen and oxygen atoms in total. The molecule has 226 valence electrons. The highest BCUT2D eigenvalue weighted by Gasteiger charge is 2.49. The number of carbonyl (C=O) groups excluding carboxylic acids is 1. The van der Waals surface area contributed by atoms with E-state index in [1.807, 2.05) is 48.0 Å². The molecule has 1 N–H and O–H groups in total. The second kappa shape index (κ2) is 12.2. The lowest BCUT2D eigenvalue weighted by atomic mass is 9.89. The Morgan fingerprint density at radius 1 is 1.14 bits per heavy atom. The first kappa shape index (κ1) is 29.4. The molecule has 0 bridgehead atoms. The Kier molecular flexibility index (Phi) is 8.13. The molecule has 1 aliphatic rings. The molecule has 0 saturated carbocycles. The minimum Gasteiger partial charge on any atom is -0.461 e. The lowest BCUT2D eigenvalue weighted by molar-refractivity contribution is -0.145. The Morgan fingerprint density at radius 2 is 1.95 bits per heavy atom. The van der Waals surface area contributed by atoms with Crippen molar-refractivity contribution in [2.45, 2.75) is 38.5 Å². The van der Waals surface area contributed by atoms with Crippen molar-refractivity contribution >= 4 is 49.2 Å². The van der Waals surface area contributed by atoms with Gasteiger partial charge >= 0.3 is 5.97 Å². The number of aromatic nitrogens is 6. The quantitative estimate of drug-likeness (QED) is 0.200. The SMILES string of the molecule is CCS(=O)(=O)N1CC(CC#N)(n2cc(-c3nc(Nc4cnn(CCC(=O)OCc5ccccc5)c4)nc4ccsc34)cn2)C1. The second-order valence-electron chi connectivity index (χ2n) is 10.4. The van der Waals surface area contributed by atoms with Crippen molar-refractivity contribution in [1.29, 1.82) is 5.26 Å². The minimum atomic E-state index is -3.35. The molecule has 44 heavy (non-hydrogen) atoms. The number of thiophene rings is 1. The lowest BCUT2D eigenvalue weighted by Gasteiger charge is -2.47. The number of nitrogens with zero attached hydrogens (tertiary/aromatic N) is 8. The zero-order valence-corrected chi connectivity index (χ0v) is 25.5. The molecule has 4 aromatic heterocycles. The largest absolute Gasteiger partial charge is 0.461 e. The Morgan fingerprint density at radius 3 is 2.73 bits per heavy atom. The summed E-state index contributed by atoms with van der Waals surface area (Å²) in [5.74, 6) is 0.0530. The third-order valence-electron chi connectivity index (χ3n) is 7.43. The number of anilines is 2. The van der Waals surface area contributed by atoms with Gasteiger partial charge in [0.05, 0.1) is 65.2 Å². The Bertz CT molecular complexity index is 1940. The monoisotopic (exact) mass is 631 g/mol. The van der Waals surface area contributed by atoms with Gasteiger partial charge in [-0.3, -0.25) is 14.2 Å². The summed E-state index contributed by atoms with van der Waals surface area (Å²) < 4.78 is 35.6. The maximum atomic E-state index is 12.3. The van der Waals surface area contributed by atoms with Crippen LogP contribution in [0.2, 0.25) is 0 Å². The van der Waals surface area contributed by atoms with Crippen LogP contribution >= 0.6 is 11.3 Å². The molecule has 1 aliphatic heterocycles. The maximum Gasteiger partial charge on any atom is 0.308 e. The Balaban J connectivity index is 1.15. The average molecular weight is 632 g/mol. The van der Waals surface area contributed by atoms with Crippen LogP contribution in [0.15, 0.2) is 66.6 Å². The fraction of sp³-hybridized carbons (Fsp3) is 0.310. The fourth-order valence-electron chi connectivity index (χ4n) is 4.99. The number of benzene rings is 1. The van der Waals surface area contributed by atoms with Gasteiger partial charge in [0.25, 0.3) is 0 Å². The van der Waals surface area contributed by atoms with Crippen LogP contribution in [0.5, 0.6) is 0 Å². The number of carbonyl (C=O) groups is 1. The van der Waals surface area contributed by atoms with E-state index in [1.54, 1.807) is 34.9 Å². The highest BCUT2D eigenvalue weighted by Crippen LogP contribution is 2.37. The molecule has 0 spiro atoms. The molecular formula is C29H29N9O4S2. The van der Waals surface area contributed by atoms with E-state index in [0.29, 0.717) is 23.9 Å². The standard InChI is InChI=1S/C29H29N9O4S2/c1-2-44(40,41)37-19-29(20-37,10-11-30)38-16-22(14-32-38)26-27-24(9-13-43-27)34-28(35-26)33-23-15-31-36(17-23)12-8-25(39)42-18-21-6-4-3-5-7-21/h3-7,9,13-17H,2,8,10,12,18-20H2,1H3,(H,33,34,35). The van der Waals surface area contributed by atoms with Crippen molar-refractivity contribution in [2.75, 3.05) is 24.2 Å². The van der Waals surface area contributed by atoms with Gasteiger partial charge in [-0.1, -0.05) is 30.3 Å². The Labute approximate surface area is 257 Å². The number of ether oxygens (including phenoxy) is 1. The number of aryl methyl sites for hydroxylation is 1. The number of hydrogen-bond donors (Lipinski definition) is 1. The van der Waals surface area contributed by atoms with E-state index in [-0.39, 0.29) is 44.3 Å². The first-order valence-electron chi connectivity index (χ1n) is 13.9. The molecule has 0 amide bonds. The summed E-state index contributed by atoms with van der Waals surface area (Å²) in [7, 11) is -3.35. The third kappa shape index (κ3) is 6.05. The van der Waals surface area contributed by atoms with Gasteiger partial charge in [-0.2, -0.15) is 19.8 Å². The number of nitrogens with one attached hydrogen (secondary N) is 1. The maximum absolute atomic E-state index is 12.3. The molecule has 5 heterocycles. The van der Waals surface area contributed by atoms with E-state index < -0.39 is 15.6 Å². The van der Waals surface area contributed by atoms with E-state index in [2.05, 4.69) is 26.6 Å². The zero-order valence-electron chi connectivity index (χ0n) is 23.8. The van der Waals surface area contributed by atoms with E-state index in [0.717, 1.165) is 21.3 Å². The molecule has 6 rings (SSSR count). The number of hydrogen-bond acceptors (Lipinski definition) is 11. The summed E-state index contributed by atoms with van der Waals surface area (Å²) in [6.45, 7) is 2.57. The first-order chi connectivity index (χ1) is 21.3. The molecule has 0 aliphatic carbocycles. The molecule has 0 atom stereocenters. The van der Waals surface area contributed by atoms with Crippen molar-refractivity contribution in [1.82, 2.24) is 33.8 Å². The van der Waals surface area contributed by atoms with Crippen molar-refractivity contribution in [3.05, 3.63) is 72.1 Å². The molecule has 0 radical (unpaired) electrons. The topological polar surface area (TPSA) is 161 Å². The predicted molar refractivity (Wildman–Crippen MR) is 164 cm³/mol. The number of rotatable bonds is 12. The van der Waals surface area contributed by atoms with Crippen molar-refractivity contribution in [2.24, 2.45) is 0 Å². The Hall–Kier alpha value is -4.65. The normalized spacial score (nSPS) is 14.6. The molecule has 0 unspecified atom stereocenters. The van der Waals surface area contributed by atoms with Crippen LogP contribution in [0.3, 0.4) is 0 Å².